The summed E-state index contributed by atoms with van der Waals surface area (Å²) in [7, 11) is 0. The van der Waals surface area contributed by atoms with Gasteiger partial charge in [0.25, 0.3) is 0 Å². The van der Waals surface area contributed by atoms with Crippen molar-refractivity contribution in [2.24, 2.45) is 5.92 Å². The quantitative estimate of drug-likeness (QED) is 0.767. The van der Waals surface area contributed by atoms with Crippen molar-refractivity contribution in [1.82, 2.24) is 10.2 Å². The molecule has 0 aromatic rings. The van der Waals surface area contributed by atoms with Crippen LogP contribution in [0.5, 0.6) is 0 Å². The Morgan fingerprint density at radius 3 is 2.85 bits per heavy atom. The molecule has 0 aromatic carbocycles. The number of aliphatic carboxylic acids is 1. The molecule has 0 aliphatic carbocycles. The number of piperidine rings is 1. The molecule has 0 saturated carbocycles. The molecule has 6 heteroatoms. The van der Waals surface area contributed by atoms with E-state index in [0.29, 0.717) is 26.2 Å². The predicted molar refractivity (Wildman–Crippen MR) is 73.4 cm³/mol. The van der Waals surface area contributed by atoms with Crippen LogP contribution in [0, 0.1) is 5.92 Å². The molecule has 2 N–H and O–H groups in total. The number of carboxylic acids is 1. The maximum absolute atomic E-state index is 12.6. The topological polar surface area (TPSA) is 78.9 Å². The van der Waals surface area contributed by atoms with E-state index in [9.17, 15) is 14.7 Å². The van der Waals surface area contributed by atoms with Crippen molar-refractivity contribution in [2.75, 3.05) is 26.3 Å². The molecule has 0 spiro atoms. The first-order valence-corrected chi connectivity index (χ1v) is 7.49. The molecule has 1 amide bonds. The first-order valence-electron chi connectivity index (χ1n) is 7.49. The molecule has 2 aliphatic rings. The number of carboxylic acid groups (broad SMARTS) is 1. The van der Waals surface area contributed by atoms with Gasteiger partial charge in [-0.25, -0.2) is 4.79 Å². The van der Waals surface area contributed by atoms with Gasteiger partial charge in [-0.05, 0) is 32.2 Å². The summed E-state index contributed by atoms with van der Waals surface area (Å²) in [6.45, 7) is 4.39. The average Bonchev–Trinajstić information content (AvgIpc) is 2.92. The second-order valence-electron chi connectivity index (χ2n) is 5.59. The number of nitrogens with one attached hydrogen (secondary N) is 1. The molecular weight excluding hydrogens is 260 g/mol. The van der Waals surface area contributed by atoms with Gasteiger partial charge in [-0.15, -0.1) is 0 Å². The number of likely N-dealkylation sites (tertiary alicyclic amines) is 1. The molecular formula is C14H24N2O4. The van der Waals surface area contributed by atoms with Crippen molar-refractivity contribution in [3.8, 4) is 0 Å². The van der Waals surface area contributed by atoms with Crippen molar-refractivity contribution in [3.05, 3.63) is 0 Å². The molecule has 2 aliphatic heterocycles. The Balaban J connectivity index is 2.02. The maximum Gasteiger partial charge on any atom is 0.326 e. The SMILES string of the molecule is CCCNC1COCC1C(=O)N1CCCCC1C(=O)O. The number of carbonyl (C=O) groups excluding carboxylic acids is 1. The summed E-state index contributed by atoms with van der Waals surface area (Å²) in [6, 6.07) is -0.650. The third kappa shape index (κ3) is 3.30. The van der Waals surface area contributed by atoms with Crippen molar-refractivity contribution in [3.63, 3.8) is 0 Å². The van der Waals surface area contributed by atoms with Gasteiger partial charge < -0.3 is 20.1 Å². The van der Waals surface area contributed by atoms with Crippen LogP contribution in [0.15, 0.2) is 0 Å². The van der Waals surface area contributed by atoms with E-state index in [1.807, 2.05) is 0 Å². The molecule has 3 unspecified atom stereocenters. The zero-order valence-electron chi connectivity index (χ0n) is 12.0. The molecule has 6 nitrogen and oxygen atoms in total. The highest BCUT2D eigenvalue weighted by Gasteiger charge is 2.40. The largest absolute Gasteiger partial charge is 0.480 e. The standard InChI is InChI=1S/C14H24N2O4/c1-2-6-15-11-9-20-8-10(11)13(17)16-7-4-3-5-12(16)14(18)19/h10-12,15H,2-9H2,1H3,(H,18,19). The third-order valence-corrected chi connectivity index (χ3v) is 4.13. The molecule has 2 heterocycles. The fraction of sp³-hybridized carbons (Fsp3) is 0.857. The first kappa shape index (κ1) is 15.3. The van der Waals surface area contributed by atoms with Gasteiger partial charge in [-0.3, -0.25) is 4.79 Å². The Morgan fingerprint density at radius 2 is 2.15 bits per heavy atom. The van der Waals surface area contributed by atoms with E-state index >= 15 is 0 Å². The van der Waals surface area contributed by atoms with Crippen LogP contribution >= 0.6 is 0 Å². The summed E-state index contributed by atoms with van der Waals surface area (Å²) in [4.78, 5) is 25.5. The zero-order chi connectivity index (χ0) is 14.5. The number of amides is 1. The summed E-state index contributed by atoms with van der Waals surface area (Å²) in [5.41, 5.74) is 0. The Morgan fingerprint density at radius 1 is 1.35 bits per heavy atom. The van der Waals surface area contributed by atoms with E-state index in [0.717, 1.165) is 25.8 Å². The molecule has 2 rings (SSSR count). The Hall–Kier alpha value is -1.14. The van der Waals surface area contributed by atoms with Gasteiger partial charge in [0.2, 0.25) is 5.91 Å². The number of ether oxygens (including phenoxy) is 1. The summed E-state index contributed by atoms with van der Waals surface area (Å²) >= 11 is 0. The van der Waals surface area contributed by atoms with Crippen LogP contribution in [0.25, 0.3) is 0 Å². The van der Waals surface area contributed by atoms with Gasteiger partial charge in [0.1, 0.15) is 6.04 Å². The molecule has 3 atom stereocenters. The second-order valence-corrected chi connectivity index (χ2v) is 5.59. The van der Waals surface area contributed by atoms with Crippen molar-refractivity contribution < 1.29 is 19.4 Å². The van der Waals surface area contributed by atoms with Crippen LogP contribution in [0.1, 0.15) is 32.6 Å². The molecule has 0 aromatic heterocycles. The maximum atomic E-state index is 12.6. The van der Waals surface area contributed by atoms with Crippen LogP contribution in [0.3, 0.4) is 0 Å². The van der Waals surface area contributed by atoms with Gasteiger partial charge in [0.05, 0.1) is 19.1 Å². The smallest absolute Gasteiger partial charge is 0.326 e. The van der Waals surface area contributed by atoms with E-state index in [1.54, 1.807) is 4.90 Å². The molecule has 20 heavy (non-hydrogen) atoms. The summed E-state index contributed by atoms with van der Waals surface area (Å²) in [5, 5.41) is 12.6. The van der Waals surface area contributed by atoms with Gasteiger partial charge in [0.15, 0.2) is 0 Å². The predicted octanol–water partition coefficient (Wildman–Crippen LogP) is 0.467. The van der Waals surface area contributed by atoms with Crippen molar-refractivity contribution in [1.29, 1.82) is 0 Å². The lowest BCUT2D eigenvalue weighted by molar-refractivity contribution is -0.154. The second kappa shape index (κ2) is 7.04. The summed E-state index contributed by atoms with van der Waals surface area (Å²) < 4.78 is 5.42. The Kier molecular flexibility index (Phi) is 5.37. The van der Waals surface area contributed by atoms with Gasteiger partial charge in [-0.1, -0.05) is 6.92 Å². The molecule has 0 radical (unpaired) electrons. The van der Waals surface area contributed by atoms with Crippen LogP contribution in [-0.4, -0.2) is 60.3 Å². The first-order chi connectivity index (χ1) is 9.65. The molecule has 2 fully saturated rings. The van der Waals surface area contributed by atoms with Crippen molar-refractivity contribution in [2.45, 2.75) is 44.7 Å². The normalized spacial score (nSPS) is 30.4. The number of rotatable bonds is 5. The van der Waals surface area contributed by atoms with E-state index in [2.05, 4.69) is 12.2 Å². The molecule has 2 saturated heterocycles. The van der Waals surface area contributed by atoms with E-state index in [1.165, 1.54) is 0 Å². The monoisotopic (exact) mass is 284 g/mol. The van der Waals surface area contributed by atoms with E-state index in [-0.39, 0.29) is 17.9 Å². The van der Waals surface area contributed by atoms with Gasteiger partial charge >= 0.3 is 5.97 Å². The fourth-order valence-electron chi connectivity index (χ4n) is 2.99. The average molecular weight is 284 g/mol. The summed E-state index contributed by atoms with van der Waals surface area (Å²) in [6.07, 6.45) is 3.32. The minimum Gasteiger partial charge on any atom is -0.480 e. The zero-order valence-corrected chi connectivity index (χ0v) is 12.0. The lowest BCUT2D eigenvalue weighted by Crippen LogP contribution is -2.53. The van der Waals surface area contributed by atoms with E-state index in [4.69, 9.17) is 4.74 Å². The number of carbonyl (C=O) groups is 2. The van der Waals surface area contributed by atoms with Crippen molar-refractivity contribution >= 4 is 11.9 Å². The van der Waals surface area contributed by atoms with Crippen LogP contribution in [0.2, 0.25) is 0 Å². The fourth-order valence-corrected chi connectivity index (χ4v) is 2.99. The lowest BCUT2D eigenvalue weighted by atomic mass is 9.96. The third-order valence-electron chi connectivity index (χ3n) is 4.13. The lowest BCUT2D eigenvalue weighted by Gasteiger charge is -2.35. The molecule has 114 valence electrons. The minimum atomic E-state index is -0.893. The summed E-state index contributed by atoms with van der Waals surface area (Å²) in [5.74, 6) is -1.21. The highest BCUT2D eigenvalue weighted by atomic mass is 16.5. The van der Waals surface area contributed by atoms with Gasteiger partial charge in [-0.2, -0.15) is 0 Å². The van der Waals surface area contributed by atoms with Gasteiger partial charge in [0, 0.05) is 12.6 Å². The molecule has 0 bridgehead atoms. The number of hydrogen-bond donors (Lipinski definition) is 2. The highest BCUT2D eigenvalue weighted by molar-refractivity contribution is 5.86. The Labute approximate surface area is 119 Å². The van der Waals surface area contributed by atoms with Crippen LogP contribution in [0.4, 0.5) is 0 Å². The highest BCUT2D eigenvalue weighted by Crippen LogP contribution is 2.23. The number of hydrogen-bond acceptors (Lipinski definition) is 4. The van der Waals surface area contributed by atoms with Crippen LogP contribution in [-0.2, 0) is 14.3 Å². The van der Waals surface area contributed by atoms with E-state index < -0.39 is 12.0 Å². The number of nitrogens with zero attached hydrogens (tertiary/aromatic N) is 1. The Bertz CT molecular complexity index is 361. The van der Waals surface area contributed by atoms with Crippen LogP contribution < -0.4 is 5.32 Å². The minimum absolute atomic E-state index is 0.0128.